The summed E-state index contributed by atoms with van der Waals surface area (Å²) in [6.45, 7) is 3.69. The van der Waals surface area contributed by atoms with Crippen molar-refractivity contribution in [2.45, 2.75) is 25.6 Å². The van der Waals surface area contributed by atoms with E-state index in [4.69, 9.17) is 5.11 Å². The molecule has 0 saturated carbocycles. The minimum atomic E-state index is -4.39. The van der Waals surface area contributed by atoms with Crippen LogP contribution in [-0.4, -0.2) is 46.0 Å². The fraction of sp³-hybridized carbons (Fsp3) is 0.727. The Morgan fingerprint density at radius 3 is 2.78 bits per heavy atom. The zero-order valence-corrected chi connectivity index (χ0v) is 10.1. The van der Waals surface area contributed by atoms with Crippen LogP contribution in [0.25, 0.3) is 0 Å². The summed E-state index contributed by atoms with van der Waals surface area (Å²) >= 11 is 0. The Labute approximate surface area is 103 Å². The van der Waals surface area contributed by atoms with Crippen LogP contribution in [0.2, 0.25) is 0 Å². The first-order chi connectivity index (χ1) is 8.41. The second kappa shape index (κ2) is 4.89. The first-order valence-corrected chi connectivity index (χ1v) is 5.88. The highest BCUT2D eigenvalue weighted by atomic mass is 19.4. The smallest absolute Gasteiger partial charge is 0.395 e. The topological polar surface area (TPSA) is 41.3 Å². The number of halogens is 3. The molecule has 18 heavy (non-hydrogen) atoms. The molecule has 0 amide bonds. The lowest BCUT2D eigenvalue weighted by Crippen LogP contribution is -2.25. The van der Waals surface area contributed by atoms with E-state index in [1.165, 1.54) is 4.68 Å². The van der Waals surface area contributed by atoms with Gasteiger partial charge in [0, 0.05) is 25.3 Å². The summed E-state index contributed by atoms with van der Waals surface area (Å²) in [7, 11) is 0. The van der Waals surface area contributed by atoms with Crippen LogP contribution in [0.15, 0.2) is 6.07 Å². The minimum absolute atomic E-state index is 0.0346. The summed E-state index contributed by atoms with van der Waals surface area (Å²) in [5.74, 6) is 0. The van der Waals surface area contributed by atoms with Crippen molar-refractivity contribution in [1.29, 1.82) is 0 Å². The van der Waals surface area contributed by atoms with Crippen molar-refractivity contribution in [3.63, 3.8) is 0 Å². The van der Waals surface area contributed by atoms with Crippen molar-refractivity contribution in [2.24, 2.45) is 0 Å². The maximum atomic E-state index is 12.5. The Morgan fingerprint density at radius 2 is 2.22 bits per heavy atom. The van der Waals surface area contributed by atoms with Crippen molar-refractivity contribution in [2.75, 3.05) is 26.2 Å². The van der Waals surface area contributed by atoms with Crippen LogP contribution in [0.4, 0.5) is 13.2 Å². The fourth-order valence-electron chi connectivity index (χ4n) is 2.35. The van der Waals surface area contributed by atoms with Gasteiger partial charge in [0.2, 0.25) is 0 Å². The number of rotatable bonds is 3. The normalized spacial score (nSPS) is 21.7. The third kappa shape index (κ3) is 2.67. The second-order valence-electron chi connectivity index (χ2n) is 4.58. The fourth-order valence-corrected chi connectivity index (χ4v) is 2.35. The standard InChI is InChI=1S/C11H16F3N3O/c1-8-6-10(11(12,13)14)15-17(8)9-2-3-16(7-9)4-5-18/h6,9,18H,2-5,7H2,1H3. The zero-order valence-electron chi connectivity index (χ0n) is 10.1. The van der Waals surface area contributed by atoms with Crippen molar-refractivity contribution < 1.29 is 18.3 Å². The first kappa shape index (κ1) is 13.4. The summed E-state index contributed by atoms with van der Waals surface area (Å²) in [5, 5.41) is 12.5. The lowest BCUT2D eigenvalue weighted by Gasteiger charge is -2.15. The van der Waals surface area contributed by atoms with Gasteiger partial charge >= 0.3 is 6.18 Å². The molecule has 102 valence electrons. The number of hydrogen-bond acceptors (Lipinski definition) is 3. The van der Waals surface area contributed by atoms with Gasteiger partial charge in [-0.1, -0.05) is 0 Å². The summed E-state index contributed by atoms with van der Waals surface area (Å²) in [6, 6.07) is 1.04. The maximum absolute atomic E-state index is 12.5. The molecule has 1 fully saturated rings. The van der Waals surface area contributed by atoms with Crippen LogP contribution >= 0.6 is 0 Å². The van der Waals surface area contributed by atoms with Crippen LogP contribution in [0.3, 0.4) is 0 Å². The molecule has 1 aromatic heterocycles. The van der Waals surface area contributed by atoms with E-state index in [2.05, 4.69) is 5.10 Å². The van der Waals surface area contributed by atoms with Crippen LogP contribution < -0.4 is 0 Å². The van der Waals surface area contributed by atoms with Crippen LogP contribution in [0, 0.1) is 6.92 Å². The van der Waals surface area contributed by atoms with Gasteiger partial charge in [0.1, 0.15) is 0 Å². The molecule has 0 bridgehead atoms. The Balaban J connectivity index is 2.13. The Kier molecular flexibility index (Phi) is 3.63. The van der Waals surface area contributed by atoms with Gasteiger partial charge in [-0.2, -0.15) is 18.3 Å². The molecule has 1 aliphatic heterocycles. The van der Waals surface area contributed by atoms with Gasteiger partial charge in [-0.15, -0.1) is 0 Å². The van der Waals surface area contributed by atoms with E-state index >= 15 is 0 Å². The molecule has 1 atom stereocenters. The number of likely N-dealkylation sites (tertiary alicyclic amines) is 1. The molecule has 7 heteroatoms. The molecule has 1 N–H and O–H groups in total. The predicted molar refractivity (Wildman–Crippen MR) is 59.1 cm³/mol. The first-order valence-electron chi connectivity index (χ1n) is 5.88. The van der Waals surface area contributed by atoms with Crippen LogP contribution in [-0.2, 0) is 6.18 Å². The van der Waals surface area contributed by atoms with E-state index in [0.29, 0.717) is 18.8 Å². The van der Waals surface area contributed by atoms with Gasteiger partial charge in [-0.05, 0) is 19.4 Å². The van der Waals surface area contributed by atoms with Gasteiger partial charge in [0.25, 0.3) is 0 Å². The third-order valence-electron chi connectivity index (χ3n) is 3.22. The lowest BCUT2D eigenvalue weighted by atomic mass is 10.2. The number of aryl methyl sites for hydroxylation is 1. The van der Waals surface area contributed by atoms with Crippen LogP contribution in [0.1, 0.15) is 23.9 Å². The van der Waals surface area contributed by atoms with Gasteiger partial charge in [-0.25, -0.2) is 0 Å². The molecule has 1 unspecified atom stereocenters. The number of aliphatic hydroxyl groups is 1. The minimum Gasteiger partial charge on any atom is -0.395 e. The number of aromatic nitrogens is 2. The molecular weight excluding hydrogens is 247 g/mol. The predicted octanol–water partition coefficient (Wildman–Crippen LogP) is 1.45. The molecular formula is C11H16F3N3O. The number of β-amino-alcohol motifs (C(OH)–C–C–N with tert-alkyl or cyclic N) is 1. The second-order valence-corrected chi connectivity index (χ2v) is 4.58. The zero-order chi connectivity index (χ0) is 13.3. The molecule has 2 rings (SSSR count). The Morgan fingerprint density at radius 1 is 1.50 bits per heavy atom. The molecule has 0 radical (unpaired) electrons. The van der Waals surface area contributed by atoms with Crippen LogP contribution in [0.5, 0.6) is 0 Å². The average molecular weight is 263 g/mol. The average Bonchev–Trinajstić information content (AvgIpc) is 2.84. The molecule has 0 spiro atoms. The highest BCUT2D eigenvalue weighted by Crippen LogP contribution is 2.30. The molecule has 4 nitrogen and oxygen atoms in total. The number of aliphatic hydroxyl groups excluding tert-OH is 1. The maximum Gasteiger partial charge on any atom is 0.435 e. The summed E-state index contributed by atoms with van der Waals surface area (Å²) in [4.78, 5) is 2.03. The van der Waals surface area contributed by atoms with Crippen molar-refractivity contribution in [1.82, 2.24) is 14.7 Å². The van der Waals surface area contributed by atoms with Gasteiger partial charge in [0.15, 0.2) is 5.69 Å². The van der Waals surface area contributed by atoms with E-state index in [0.717, 1.165) is 19.0 Å². The number of nitrogens with zero attached hydrogens (tertiary/aromatic N) is 3. The highest BCUT2D eigenvalue weighted by molar-refractivity contribution is 5.13. The molecule has 1 saturated heterocycles. The Hall–Kier alpha value is -1.08. The number of hydrogen-bond donors (Lipinski definition) is 1. The molecule has 2 heterocycles. The van der Waals surface area contributed by atoms with E-state index in [9.17, 15) is 13.2 Å². The van der Waals surface area contributed by atoms with Gasteiger partial charge in [0.05, 0.1) is 12.6 Å². The Bertz CT molecular complexity index is 416. The monoisotopic (exact) mass is 263 g/mol. The van der Waals surface area contributed by atoms with Crippen molar-refractivity contribution in [3.05, 3.63) is 17.5 Å². The quantitative estimate of drug-likeness (QED) is 0.897. The third-order valence-corrected chi connectivity index (χ3v) is 3.22. The van der Waals surface area contributed by atoms with E-state index in [1.807, 2.05) is 4.90 Å². The van der Waals surface area contributed by atoms with Crippen molar-refractivity contribution >= 4 is 0 Å². The summed E-state index contributed by atoms with van der Waals surface area (Å²) in [5.41, 5.74) is -0.307. The van der Waals surface area contributed by atoms with E-state index < -0.39 is 11.9 Å². The van der Waals surface area contributed by atoms with Gasteiger partial charge in [-0.3, -0.25) is 9.58 Å². The molecule has 1 aromatic rings. The van der Waals surface area contributed by atoms with Gasteiger partial charge < -0.3 is 5.11 Å². The summed E-state index contributed by atoms with van der Waals surface area (Å²) < 4.78 is 39.1. The lowest BCUT2D eigenvalue weighted by molar-refractivity contribution is -0.141. The molecule has 1 aliphatic rings. The summed E-state index contributed by atoms with van der Waals surface area (Å²) in [6.07, 6.45) is -3.63. The highest BCUT2D eigenvalue weighted by Gasteiger charge is 2.36. The van der Waals surface area contributed by atoms with E-state index in [-0.39, 0.29) is 12.6 Å². The SMILES string of the molecule is Cc1cc(C(F)(F)F)nn1C1CCN(CCO)C1. The van der Waals surface area contributed by atoms with E-state index in [1.54, 1.807) is 6.92 Å². The molecule has 0 aliphatic carbocycles. The molecule has 0 aromatic carbocycles. The largest absolute Gasteiger partial charge is 0.435 e. The number of alkyl halides is 3. The van der Waals surface area contributed by atoms with Crippen molar-refractivity contribution in [3.8, 4) is 0 Å².